The maximum atomic E-state index is 12.5. The van der Waals surface area contributed by atoms with Crippen LogP contribution in [0, 0.1) is 0 Å². The van der Waals surface area contributed by atoms with Gasteiger partial charge in [-0.15, -0.1) is 0 Å². The standard InChI is InChI=1S/C15H19NO5/c1-4-16(9-13(17)19-3)15(18)14-10(2)20-11-7-5-6-8-12(11)21-14/h5-8,10,14H,4,9H2,1-3H3. The number of likely N-dealkylation sites (N-methyl/N-ethyl adjacent to an activating group) is 1. The van der Waals surface area contributed by atoms with E-state index >= 15 is 0 Å². The number of fused-ring (bicyclic) bond motifs is 1. The van der Waals surface area contributed by atoms with Crippen LogP contribution in [0.15, 0.2) is 24.3 Å². The fourth-order valence-electron chi connectivity index (χ4n) is 2.14. The summed E-state index contributed by atoms with van der Waals surface area (Å²) in [7, 11) is 1.29. The third-order valence-corrected chi connectivity index (χ3v) is 3.33. The summed E-state index contributed by atoms with van der Waals surface area (Å²) in [5.74, 6) is 0.396. The van der Waals surface area contributed by atoms with Crippen LogP contribution in [0.25, 0.3) is 0 Å². The van der Waals surface area contributed by atoms with Crippen LogP contribution in [0.5, 0.6) is 11.5 Å². The maximum Gasteiger partial charge on any atom is 0.325 e. The average molecular weight is 293 g/mol. The van der Waals surface area contributed by atoms with Crippen molar-refractivity contribution in [1.29, 1.82) is 0 Å². The minimum Gasteiger partial charge on any atom is -0.482 e. The smallest absolute Gasteiger partial charge is 0.325 e. The second-order valence-corrected chi connectivity index (χ2v) is 4.74. The number of rotatable bonds is 4. The zero-order valence-corrected chi connectivity index (χ0v) is 12.4. The number of methoxy groups -OCH3 is 1. The second kappa shape index (κ2) is 6.47. The molecule has 1 aromatic rings. The molecule has 1 amide bonds. The molecule has 1 aliphatic heterocycles. The first-order chi connectivity index (χ1) is 10.1. The molecular formula is C15H19NO5. The normalized spacial score (nSPS) is 19.8. The van der Waals surface area contributed by atoms with Gasteiger partial charge in [-0.2, -0.15) is 0 Å². The molecule has 0 aromatic heterocycles. The van der Waals surface area contributed by atoms with Gasteiger partial charge in [0.2, 0.25) is 6.10 Å². The Morgan fingerprint density at radius 2 is 1.86 bits per heavy atom. The molecule has 114 valence electrons. The first-order valence-electron chi connectivity index (χ1n) is 6.84. The van der Waals surface area contributed by atoms with Gasteiger partial charge in [0.25, 0.3) is 5.91 Å². The molecule has 0 aliphatic carbocycles. The zero-order chi connectivity index (χ0) is 15.4. The van der Waals surface area contributed by atoms with Crippen molar-refractivity contribution >= 4 is 11.9 Å². The second-order valence-electron chi connectivity index (χ2n) is 4.74. The Morgan fingerprint density at radius 3 is 2.43 bits per heavy atom. The SMILES string of the molecule is CCN(CC(=O)OC)C(=O)C1Oc2ccccc2OC1C. The van der Waals surface area contributed by atoms with Crippen molar-refractivity contribution in [3.8, 4) is 11.5 Å². The van der Waals surface area contributed by atoms with Crippen LogP contribution in [-0.2, 0) is 14.3 Å². The van der Waals surface area contributed by atoms with Gasteiger partial charge >= 0.3 is 5.97 Å². The van der Waals surface area contributed by atoms with Gasteiger partial charge in [0, 0.05) is 6.54 Å². The van der Waals surface area contributed by atoms with E-state index < -0.39 is 18.2 Å². The topological polar surface area (TPSA) is 65.1 Å². The molecule has 1 aliphatic rings. The van der Waals surface area contributed by atoms with E-state index in [0.717, 1.165) is 0 Å². The molecule has 0 radical (unpaired) electrons. The van der Waals surface area contributed by atoms with E-state index in [9.17, 15) is 9.59 Å². The lowest BCUT2D eigenvalue weighted by atomic mass is 10.1. The Hall–Kier alpha value is -2.24. The number of amides is 1. The molecule has 2 unspecified atom stereocenters. The summed E-state index contributed by atoms with van der Waals surface area (Å²) >= 11 is 0. The Morgan fingerprint density at radius 1 is 1.24 bits per heavy atom. The van der Waals surface area contributed by atoms with Crippen molar-refractivity contribution in [3.05, 3.63) is 24.3 Å². The predicted molar refractivity (Wildman–Crippen MR) is 75.2 cm³/mol. The number of nitrogens with zero attached hydrogens (tertiary/aromatic N) is 1. The minimum absolute atomic E-state index is 0.0972. The van der Waals surface area contributed by atoms with Crippen molar-refractivity contribution in [1.82, 2.24) is 4.90 Å². The number of para-hydroxylation sites is 2. The minimum atomic E-state index is -0.774. The number of carbonyl (C=O) groups is 2. The summed E-state index contributed by atoms with van der Waals surface area (Å²) in [6, 6.07) is 7.19. The van der Waals surface area contributed by atoms with Gasteiger partial charge in [-0.3, -0.25) is 9.59 Å². The fourth-order valence-corrected chi connectivity index (χ4v) is 2.14. The Labute approximate surface area is 123 Å². The predicted octanol–water partition coefficient (Wildman–Crippen LogP) is 1.24. The van der Waals surface area contributed by atoms with Gasteiger partial charge in [-0.05, 0) is 26.0 Å². The van der Waals surface area contributed by atoms with E-state index in [1.165, 1.54) is 12.0 Å². The van der Waals surface area contributed by atoms with E-state index in [0.29, 0.717) is 18.0 Å². The first-order valence-corrected chi connectivity index (χ1v) is 6.84. The van der Waals surface area contributed by atoms with Crippen molar-refractivity contribution < 1.29 is 23.8 Å². The Kier molecular flexibility index (Phi) is 4.67. The molecule has 0 saturated heterocycles. The van der Waals surface area contributed by atoms with Crippen LogP contribution in [0.3, 0.4) is 0 Å². The van der Waals surface area contributed by atoms with E-state index in [1.54, 1.807) is 26.0 Å². The summed E-state index contributed by atoms with van der Waals surface area (Å²) in [6.07, 6.45) is -1.20. The summed E-state index contributed by atoms with van der Waals surface area (Å²) < 4.78 is 16.0. The monoisotopic (exact) mass is 293 g/mol. The molecule has 2 atom stereocenters. The molecule has 21 heavy (non-hydrogen) atoms. The molecule has 1 heterocycles. The van der Waals surface area contributed by atoms with Crippen LogP contribution in [0.2, 0.25) is 0 Å². The molecule has 6 nitrogen and oxygen atoms in total. The highest BCUT2D eigenvalue weighted by molar-refractivity contribution is 5.86. The van der Waals surface area contributed by atoms with Gasteiger partial charge in [-0.1, -0.05) is 12.1 Å². The largest absolute Gasteiger partial charge is 0.482 e. The van der Waals surface area contributed by atoms with Crippen LogP contribution >= 0.6 is 0 Å². The highest BCUT2D eigenvalue weighted by atomic mass is 16.6. The van der Waals surface area contributed by atoms with Crippen LogP contribution < -0.4 is 9.47 Å². The third kappa shape index (κ3) is 3.26. The highest BCUT2D eigenvalue weighted by Crippen LogP contribution is 2.33. The number of hydrogen-bond acceptors (Lipinski definition) is 5. The average Bonchev–Trinajstić information content (AvgIpc) is 2.50. The van der Waals surface area contributed by atoms with Gasteiger partial charge in [0.1, 0.15) is 12.6 Å². The molecule has 0 bridgehead atoms. The molecule has 0 saturated carbocycles. The zero-order valence-electron chi connectivity index (χ0n) is 12.4. The third-order valence-electron chi connectivity index (χ3n) is 3.33. The molecule has 0 N–H and O–H groups in total. The molecule has 1 aromatic carbocycles. The summed E-state index contributed by atoms with van der Waals surface area (Å²) in [5.41, 5.74) is 0. The fraction of sp³-hybridized carbons (Fsp3) is 0.467. The molecule has 6 heteroatoms. The molecule has 2 rings (SSSR count). The van der Waals surface area contributed by atoms with Crippen LogP contribution in [0.4, 0.5) is 0 Å². The van der Waals surface area contributed by atoms with E-state index in [2.05, 4.69) is 4.74 Å². The Bertz CT molecular complexity index is 531. The number of hydrogen-bond donors (Lipinski definition) is 0. The number of esters is 1. The lowest BCUT2D eigenvalue weighted by molar-refractivity contribution is -0.152. The quantitative estimate of drug-likeness (QED) is 0.781. The van der Waals surface area contributed by atoms with Crippen molar-refractivity contribution in [3.63, 3.8) is 0 Å². The molecular weight excluding hydrogens is 274 g/mol. The summed E-state index contributed by atoms with van der Waals surface area (Å²) in [6.45, 7) is 3.86. The molecule has 0 spiro atoms. The lowest BCUT2D eigenvalue weighted by Crippen LogP contribution is -2.51. The number of carbonyl (C=O) groups excluding carboxylic acids is 2. The van der Waals surface area contributed by atoms with Gasteiger partial charge in [-0.25, -0.2) is 0 Å². The number of benzene rings is 1. The summed E-state index contributed by atoms with van der Waals surface area (Å²) in [4.78, 5) is 25.3. The first kappa shape index (κ1) is 15.2. The Balaban J connectivity index is 2.13. The van der Waals surface area contributed by atoms with E-state index in [4.69, 9.17) is 9.47 Å². The van der Waals surface area contributed by atoms with E-state index in [-0.39, 0.29) is 12.5 Å². The van der Waals surface area contributed by atoms with Crippen LogP contribution in [-0.4, -0.2) is 49.2 Å². The van der Waals surface area contributed by atoms with Crippen molar-refractivity contribution in [2.75, 3.05) is 20.2 Å². The van der Waals surface area contributed by atoms with E-state index in [1.807, 2.05) is 12.1 Å². The van der Waals surface area contributed by atoms with Gasteiger partial charge in [0.05, 0.1) is 7.11 Å². The summed E-state index contributed by atoms with van der Waals surface area (Å²) in [5, 5.41) is 0. The number of ether oxygens (including phenoxy) is 3. The van der Waals surface area contributed by atoms with Gasteiger partial charge in [0.15, 0.2) is 11.5 Å². The highest BCUT2D eigenvalue weighted by Gasteiger charge is 2.36. The lowest BCUT2D eigenvalue weighted by Gasteiger charge is -2.33. The van der Waals surface area contributed by atoms with Gasteiger partial charge < -0.3 is 19.1 Å². The van der Waals surface area contributed by atoms with Crippen molar-refractivity contribution in [2.24, 2.45) is 0 Å². The molecule has 0 fully saturated rings. The van der Waals surface area contributed by atoms with Crippen molar-refractivity contribution in [2.45, 2.75) is 26.1 Å². The maximum absolute atomic E-state index is 12.5. The van der Waals surface area contributed by atoms with Crippen LogP contribution in [0.1, 0.15) is 13.8 Å².